The molecule has 104 valence electrons. The second kappa shape index (κ2) is 6.57. The van der Waals surface area contributed by atoms with Crippen molar-refractivity contribution in [1.82, 2.24) is 5.32 Å². The number of anilines is 1. The monoisotopic (exact) mass is 262 g/mol. The number of carbonyl (C=O) groups excluding carboxylic acids is 1. The summed E-state index contributed by atoms with van der Waals surface area (Å²) in [7, 11) is 1.67. The van der Waals surface area contributed by atoms with Crippen LogP contribution in [0, 0.1) is 0 Å². The molecule has 0 aliphatic carbocycles. The van der Waals surface area contributed by atoms with Gasteiger partial charge in [0.15, 0.2) is 0 Å². The van der Waals surface area contributed by atoms with Crippen molar-refractivity contribution in [2.45, 2.75) is 31.8 Å². The number of carbonyl (C=O) groups is 1. The lowest BCUT2D eigenvalue weighted by molar-refractivity contribution is -0.120. The highest BCUT2D eigenvalue weighted by Crippen LogP contribution is 2.32. The first-order valence-corrected chi connectivity index (χ1v) is 6.95. The molecule has 0 spiro atoms. The molecule has 1 aliphatic rings. The summed E-state index contributed by atoms with van der Waals surface area (Å²) < 4.78 is 0. The minimum atomic E-state index is -0.361. The number of aliphatic hydroxyl groups excluding tert-OH is 1. The number of hydrogen-bond donors (Lipinski definition) is 2. The maximum absolute atomic E-state index is 11.2. The third kappa shape index (κ3) is 3.47. The number of amides is 1. The third-order valence-corrected chi connectivity index (χ3v) is 3.65. The van der Waals surface area contributed by atoms with Gasteiger partial charge in [0, 0.05) is 37.8 Å². The lowest BCUT2D eigenvalue weighted by Gasteiger charge is -2.25. The first kappa shape index (κ1) is 13.9. The Kier molecular flexibility index (Phi) is 4.80. The highest BCUT2D eigenvalue weighted by Gasteiger charge is 2.20. The van der Waals surface area contributed by atoms with Crippen LogP contribution < -0.4 is 10.2 Å². The van der Waals surface area contributed by atoms with Crippen molar-refractivity contribution in [2.75, 3.05) is 25.0 Å². The van der Waals surface area contributed by atoms with Gasteiger partial charge in [-0.05, 0) is 25.3 Å². The number of rotatable bonds is 4. The van der Waals surface area contributed by atoms with Crippen molar-refractivity contribution in [3.8, 4) is 0 Å². The van der Waals surface area contributed by atoms with Gasteiger partial charge in [-0.1, -0.05) is 18.2 Å². The zero-order valence-corrected chi connectivity index (χ0v) is 11.4. The van der Waals surface area contributed by atoms with Crippen LogP contribution in [0.1, 0.15) is 37.4 Å². The zero-order valence-electron chi connectivity index (χ0n) is 11.4. The maximum Gasteiger partial charge on any atom is 0.219 e. The molecule has 4 nitrogen and oxygen atoms in total. The molecule has 1 heterocycles. The number of nitrogens with zero attached hydrogens (tertiary/aromatic N) is 1. The van der Waals surface area contributed by atoms with Crippen LogP contribution in [0.3, 0.4) is 0 Å². The van der Waals surface area contributed by atoms with Gasteiger partial charge in [-0.25, -0.2) is 0 Å². The minimum absolute atomic E-state index is 0.0862. The van der Waals surface area contributed by atoms with E-state index in [2.05, 4.69) is 16.3 Å². The lowest BCUT2D eigenvalue weighted by atomic mass is 10.0. The van der Waals surface area contributed by atoms with Crippen molar-refractivity contribution in [3.63, 3.8) is 0 Å². The molecule has 0 fully saturated rings. The first-order valence-electron chi connectivity index (χ1n) is 6.95. The quantitative estimate of drug-likeness (QED) is 0.870. The molecular weight excluding hydrogens is 240 g/mol. The van der Waals surface area contributed by atoms with E-state index in [1.165, 1.54) is 0 Å². The van der Waals surface area contributed by atoms with Crippen LogP contribution in [-0.2, 0) is 4.79 Å². The van der Waals surface area contributed by atoms with Gasteiger partial charge >= 0.3 is 0 Å². The molecule has 1 atom stereocenters. The number of hydrogen-bond acceptors (Lipinski definition) is 3. The van der Waals surface area contributed by atoms with Crippen LogP contribution >= 0.6 is 0 Å². The second-order valence-corrected chi connectivity index (χ2v) is 4.98. The third-order valence-electron chi connectivity index (χ3n) is 3.65. The summed E-state index contributed by atoms with van der Waals surface area (Å²) in [5, 5.41) is 12.8. The molecule has 1 aromatic rings. The van der Waals surface area contributed by atoms with Gasteiger partial charge in [0.2, 0.25) is 5.91 Å². The predicted molar refractivity (Wildman–Crippen MR) is 76.1 cm³/mol. The Hall–Kier alpha value is -1.55. The molecule has 19 heavy (non-hydrogen) atoms. The van der Waals surface area contributed by atoms with Gasteiger partial charge in [-0.3, -0.25) is 4.79 Å². The van der Waals surface area contributed by atoms with Crippen LogP contribution in [0.5, 0.6) is 0 Å². The Balaban J connectivity index is 2.04. The summed E-state index contributed by atoms with van der Waals surface area (Å²) in [6.45, 7) is 1.80. The van der Waals surface area contributed by atoms with E-state index in [1.54, 1.807) is 7.05 Å². The summed E-state index contributed by atoms with van der Waals surface area (Å²) in [5.74, 6) is 0.0862. The number of nitrogens with one attached hydrogen (secondary N) is 1. The topological polar surface area (TPSA) is 52.6 Å². The van der Waals surface area contributed by atoms with Crippen molar-refractivity contribution >= 4 is 11.6 Å². The Morgan fingerprint density at radius 2 is 2.26 bits per heavy atom. The average molecular weight is 262 g/mol. The Labute approximate surface area is 114 Å². The highest BCUT2D eigenvalue weighted by molar-refractivity contribution is 5.75. The van der Waals surface area contributed by atoms with Crippen molar-refractivity contribution in [3.05, 3.63) is 29.8 Å². The summed E-state index contributed by atoms with van der Waals surface area (Å²) in [4.78, 5) is 13.5. The van der Waals surface area contributed by atoms with Gasteiger partial charge in [0.25, 0.3) is 0 Å². The Bertz CT molecular complexity index is 434. The molecule has 1 unspecified atom stereocenters. The molecule has 0 saturated heterocycles. The van der Waals surface area contributed by atoms with Crippen LogP contribution in [0.2, 0.25) is 0 Å². The van der Waals surface area contributed by atoms with Crippen molar-refractivity contribution < 1.29 is 9.90 Å². The largest absolute Gasteiger partial charge is 0.388 e. The van der Waals surface area contributed by atoms with E-state index >= 15 is 0 Å². The zero-order chi connectivity index (χ0) is 13.7. The van der Waals surface area contributed by atoms with E-state index in [-0.39, 0.29) is 12.0 Å². The van der Waals surface area contributed by atoms with Crippen LogP contribution in [-0.4, -0.2) is 31.2 Å². The molecule has 1 aliphatic heterocycles. The van der Waals surface area contributed by atoms with Gasteiger partial charge < -0.3 is 15.3 Å². The smallest absolute Gasteiger partial charge is 0.219 e. The maximum atomic E-state index is 11.2. The van der Waals surface area contributed by atoms with E-state index in [0.29, 0.717) is 6.42 Å². The number of aliphatic hydroxyl groups is 1. The molecule has 0 bridgehead atoms. The second-order valence-electron chi connectivity index (χ2n) is 4.98. The van der Waals surface area contributed by atoms with E-state index in [4.69, 9.17) is 0 Å². The Morgan fingerprint density at radius 3 is 3.05 bits per heavy atom. The number of para-hydroxylation sites is 1. The molecule has 1 aromatic carbocycles. The Morgan fingerprint density at radius 1 is 1.47 bits per heavy atom. The summed E-state index contributed by atoms with van der Waals surface area (Å²) in [5.41, 5.74) is 2.13. The van der Waals surface area contributed by atoms with Crippen molar-refractivity contribution in [2.24, 2.45) is 0 Å². The standard InChI is InChI=1S/C15H22N2O2/c1-16-15(19)9-5-11-17-10-4-8-14(18)12-6-2-3-7-13(12)17/h2-3,6-7,14,18H,4-5,8-11H2,1H3,(H,16,19). The highest BCUT2D eigenvalue weighted by atomic mass is 16.3. The van der Waals surface area contributed by atoms with Gasteiger partial charge in [0.05, 0.1) is 6.10 Å². The van der Waals surface area contributed by atoms with E-state index in [1.807, 2.05) is 18.2 Å². The van der Waals surface area contributed by atoms with Crippen molar-refractivity contribution in [1.29, 1.82) is 0 Å². The van der Waals surface area contributed by atoms with Gasteiger partial charge in [-0.2, -0.15) is 0 Å². The fraction of sp³-hybridized carbons (Fsp3) is 0.533. The van der Waals surface area contributed by atoms with E-state index in [0.717, 1.165) is 43.6 Å². The van der Waals surface area contributed by atoms with Gasteiger partial charge in [0.1, 0.15) is 0 Å². The van der Waals surface area contributed by atoms with E-state index < -0.39 is 0 Å². The van der Waals surface area contributed by atoms with Crippen LogP contribution in [0.15, 0.2) is 24.3 Å². The van der Waals surface area contributed by atoms with Crippen LogP contribution in [0.25, 0.3) is 0 Å². The number of fused-ring (bicyclic) bond motifs is 1. The molecule has 2 N–H and O–H groups in total. The fourth-order valence-corrected chi connectivity index (χ4v) is 2.60. The molecule has 1 amide bonds. The van der Waals surface area contributed by atoms with E-state index in [9.17, 15) is 9.90 Å². The molecular formula is C15H22N2O2. The summed E-state index contributed by atoms with van der Waals surface area (Å²) in [6, 6.07) is 8.03. The molecule has 0 aromatic heterocycles. The molecule has 0 radical (unpaired) electrons. The lowest BCUT2D eigenvalue weighted by Crippen LogP contribution is -2.27. The minimum Gasteiger partial charge on any atom is -0.388 e. The predicted octanol–water partition coefficient (Wildman–Crippen LogP) is 1.85. The molecule has 0 saturated carbocycles. The van der Waals surface area contributed by atoms with Crippen LogP contribution in [0.4, 0.5) is 5.69 Å². The fourth-order valence-electron chi connectivity index (χ4n) is 2.60. The average Bonchev–Trinajstić information content (AvgIpc) is 2.59. The molecule has 2 rings (SSSR count). The normalized spacial score (nSPS) is 18.6. The first-order chi connectivity index (χ1) is 9.22. The summed E-state index contributed by atoms with van der Waals surface area (Å²) in [6.07, 6.45) is 2.82. The molecule has 4 heteroatoms. The summed E-state index contributed by atoms with van der Waals surface area (Å²) >= 11 is 0. The van der Waals surface area contributed by atoms with Gasteiger partial charge in [-0.15, -0.1) is 0 Å². The SMILES string of the molecule is CNC(=O)CCCN1CCCC(O)c2ccccc21. The number of benzene rings is 1.